The minimum absolute atomic E-state index is 0.00920. The van der Waals surface area contributed by atoms with Crippen molar-refractivity contribution < 1.29 is 14.3 Å². The second-order valence-corrected chi connectivity index (χ2v) is 8.86. The minimum atomic E-state index is -0.736. The number of esters is 1. The van der Waals surface area contributed by atoms with Gasteiger partial charge in [0.2, 0.25) is 0 Å². The smallest absolute Gasteiger partial charge is 0.315 e. The van der Waals surface area contributed by atoms with Crippen LogP contribution in [0.4, 0.5) is 0 Å². The molecule has 3 rings (SSSR count). The summed E-state index contributed by atoms with van der Waals surface area (Å²) in [6.07, 6.45) is 2.56. The van der Waals surface area contributed by atoms with Gasteiger partial charge >= 0.3 is 5.97 Å². The second-order valence-electron chi connectivity index (χ2n) is 8.07. The zero-order valence-corrected chi connectivity index (χ0v) is 17.7. The van der Waals surface area contributed by atoms with E-state index in [1.807, 2.05) is 19.9 Å². The maximum atomic E-state index is 13.1. The summed E-state index contributed by atoms with van der Waals surface area (Å²) in [6.45, 7) is 9.56. The molecule has 1 heterocycles. The second kappa shape index (κ2) is 7.84. The van der Waals surface area contributed by atoms with E-state index >= 15 is 0 Å². The molecule has 0 aromatic heterocycles. The molecule has 2 aliphatic rings. The van der Waals surface area contributed by atoms with Crippen molar-refractivity contribution in [2.75, 3.05) is 6.61 Å². The Hall–Kier alpha value is -1.91. The fourth-order valence-corrected chi connectivity index (χ4v) is 4.50. The van der Waals surface area contributed by atoms with Gasteiger partial charge in [0.1, 0.15) is 12.5 Å². The first-order chi connectivity index (χ1) is 13.2. The molecular weight excluding hydrogens is 397 g/mol. The predicted octanol–water partition coefficient (Wildman–Crippen LogP) is 5.54. The van der Waals surface area contributed by atoms with Crippen LogP contribution in [0, 0.1) is 11.3 Å². The van der Waals surface area contributed by atoms with Crippen LogP contribution in [0.5, 0.6) is 0 Å². The predicted molar refractivity (Wildman–Crippen MR) is 112 cm³/mol. The molecule has 0 amide bonds. The lowest BCUT2D eigenvalue weighted by Crippen LogP contribution is -2.39. The van der Waals surface area contributed by atoms with Gasteiger partial charge in [-0.05, 0) is 30.4 Å². The van der Waals surface area contributed by atoms with Crippen LogP contribution in [0.25, 0.3) is 0 Å². The van der Waals surface area contributed by atoms with Crippen LogP contribution in [0.3, 0.4) is 0 Å². The van der Waals surface area contributed by atoms with E-state index in [1.165, 1.54) is 6.08 Å². The standard InChI is InChI=1S/C22H23Cl2NO3/c1-5-9-28-21(27)17-12(2)25-15-10-22(3,4)11-16(26)19(15)18(17)13-7-6-8-14(23)20(13)24/h5-8,17-18H,1,9-11H2,2-4H3/t17?,18-/m1/s1. The van der Waals surface area contributed by atoms with Gasteiger partial charge in [0.05, 0.1) is 10.0 Å². The highest BCUT2D eigenvalue weighted by atomic mass is 35.5. The minimum Gasteiger partial charge on any atom is -0.461 e. The van der Waals surface area contributed by atoms with Crippen LogP contribution in [0.1, 0.15) is 45.1 Å². The quantitative estimate of drug-likeness (QED) is 0.475. The summed E-state index contributed by atoms with van der Waals surface area (Å²) in [5, 5.41) is 0.721. The first-order valence-electron chi connectivity index (χ1n) is 9.19. The van der Waals surface area contributed by atoms with Gasteiger partial charge in [-0.3, -0.25) is 14.6 Å². The van der Waals surface area contributed by atoms with Crippen molar-refractivity contribution >= 4 is 40.7 Å². The first-order valence-corrected chi connectivity index (χ1v) is 9.94. The van der Waals surface area contributed by atoms with E-state index in [1.54, 1.807) is 19.1 Å². The molecular formula is C22H23Cl2NO3. The number of Topliss-reactive ketones (excluding diaryl/α,β-unsaturated/α-hetero) is 1. The van der Waals surface area contributed by atoms with Gasteiger partial charge < -0.3 is 4.74 Å². The number of ketones is 1. The summed E-state index contributed by atoms with van der Waals surface area (Å²) < 4.78 is 5.33. The molecule has 0 spiro atoms. The Bertz CT molecular complexity index is 914. The van der Waals surface area contributed by atoms with Crippen molar-refractivity contribution in [1.29, 1.82) is 0 Å². The molecule has 6 heteroatoms. The van der Waals surface area contributed by atoms with Gasteiger partial charge in [-0.15, -0.1) is 0 Å². The summed E-state index contributed by atoms with van der Waals surface area (Å²) in [5.74, 6) is -1.77. The Morgan fingerprint density at radius 3 is 2.75 bits per heavy atom. The molecule has 1 aliphatic heterocycles. The molecule has 0 saturated heterocycles. The lowest BCUT2D eigenvalue weighted by molar-refractivity contribution is -0.145. The molecule has 0 bridgehead atoms. The number of carbonyl (C=O) groups is 2. The summed E-state index contributed by atoms with van der Waals surface area (Å²) in [4.78, 5) is 30.7. The molecule has 148 valence electrons. The molecule has 0 fully saturated rings. The molecule has 4 nitrogen and oxygen atoms in total. The van der Waals surface area contributed by atoms with E-state index in [-0.39, 0.29) is 17.8 Å². The number of hydrogen-bond acceptors (Lipinski definition) is 4. The topological polar surface area (TPSA) is 55.7 Å². The van der Waals surface area contributed by atoms with Crippen LogP contribution in [-0.2, 0) is 14.3 Å². The van der Waals surface area contributed by atoms with Gasteiger partial charge in [-0.2, -0.15) is 0 Å². The average molecular weight is 420 g/mol. The maximum Gasteiger partial charge on any atom is 0.315 e. The van der Waals surface area contributed by atoms with Crippen LogP contribution < -0.4 is 0 Å². The SMILES string of the molecule is C=CCOC(=O)C1C(C)=NC2=C(C(=O)CC(C)(C)C2)[C@@H]1c1cccc(Cl)c1Cl. The van der Waals surface area contributed by atoms with Gasteiger partial charge in [-0.1, -0.05) is 61.8 Å². The van der Waals surface area contributed by atoms with Crippen LogP contribution in [0.15, 0.2) is 47.1 Å². The van der Waals surface area contributed by atoms with Crippen LogP contribution in [0.2, 0.25) is 10.0 Å². The van der Waals surface area contributed by atoms with E-state index in [4.69, 9.17) is 27.9 Å². The van der Waals surface area contributed by atoms with E-state index in [0.717, 1.165) is 5.70 Å². The summed E-state index contributed by atoms with van der Waals surface area (Å²) >= 11 is 12.8. The molecule has 1 unspecified atom stereocenters. The third-order valence-corrected chi connectivity index (χ3v) is 6.05. The molecule has 0 saturated carbocycles. The largest absolute Gasteiger partial charge is 0.461 e. The van der Waals surface area contributed by atoms with Crippen molar-refractivity contribution in [1.82, 2.24) is 0 Å². The monoisotopic (exact) mass is 419 g/mol. The Balaban J connectivity index is 2.20. The van der Waals surface area contributed by atoms with E-state index in [2.05, 4.69) is 11.6 Å². The van der Waals surface area contributed by atoms with Crippen molar-refractivity contribution in [3.8, 4) is 0 Å². The normalized spacial score (nSPS) is 23.8. The van der Waals surface area contributed by atoms with E-state index in [0.29, 0.717) is 39.7 Å². The number of rotatable bonds is 4. The number of allylic oxidation sites excluding steroid dienone is 2. The average Bonchev–Trinajstić information content (AvgIpc) is 2.59. The number of ether oxygens (including phenoxy) is 1. The molecule has 1 aromatic carbocycles. The number of aliphatic imine (C=N–C) groups is 1. The van der Waals surface area contributed by atoms with Crippen LogP contribution >= 0.6 is 23.2 Å². The third-order valence-electron chi connectivity index (χ3n) is 5.22. The molecule has 0 N–H and O–H groups in total. The number of nitrogens with zero attached hydrogens (tertiary/aromatic N) is 1. The number of hydrogen-bond donors (Lipinski definition) is 0. The Kier molecular flexibility index (Phi) is 5.83. The summed E-state index contributed by atoms with van der Waals surface area (Å²) in [7, 11) is 0. The highest BCUT2D eigenvalue weighted by molar-refractivity contribution is 6.42. The fraction of sp³-hybridized carbons (Fsp3) is 0.409. The van der Waals surface area contributed by atoms with Crippen molar-refractivity contribution in [2.45, 2.75) is 39.5 Å². The Labute approximate surface area is 175 Å². The van der Waals surface area contributed by atoms with Gasteiger partial charge in [-0.25, -0.2) is 0 Å². The Morgan fingerprint density at radius 2 is 2.07 bits per heavy atom. The zero-order chi connectivity index (χ0) is 20.6. The lowest BCUT2D eigenvalue weighted by atomic mass is 9.67. The van der Waals surface area contributed by atoms with Gasteiger partial charge in [0.15, 0.2) is 5.78 Å². The third kappa shape index (κ3) is 3.81. The first kappa shape index (κ1) is 20.8. The molecule has 1 aromatic rings. The maximum absolute atomic E-state index is 13.1. The van der Waals surface area contributed by atoms with Crippen molar-refractivity contribution in [3.63, 3.8) is 0 Å². The highest BCUT2D eigenvalue weighted by Gasteiger charge is 2.46. The van der Waals surface area contributed by atoms with E-state index < -0.39 is 17.8 Å². The number of halogens is 2. The molecule has 1 aliphatic carbocycles. The Morgan fingerprint density at radius 1 is 1.36 bits per heavy atom. The van der Waals surface area contributed by atoms with Gasteiger partial charge in [0, 0.05) is 29.3 Å². The van der Waals surface area contributed by atoms with Crippen molar-refractivity contribution in [2.24, 2.45) is 16.3 Å². The number of benzene rings is 1. The zero-order valence-electron chi connectivity index (χ0n) is 16.2. The molecule has 2 atom stereocenters. The summed E-state index contributed by atoms with van der Waals surface area (Å²) in [5.41, 5.74) is 2.35. The number of carbonyl (C=O) groups excluding carboxylic acids is 2. The fourth-order valence-electron chi connectivity index (χ4n) is 4.08. The molecule has 28 heavy (non-hydrogen) atoms. The van der Waals surface area contributed by atoms with Crippen LogP contribution in [-0.4, -0.2) is 24.1 Å². The lowest BCUT2D eigenvalue weighted by Gasteiger charge is -2.39. The van der Waals surface area contributed by atoms with E-state index in [9.17, 15) is 9.59 Å². The van der Waals surface area contributed by atoms with Crippen molar-refractivity contribution in [3.05, 3.63) is 57.7 Å². The molecule has 0 radical (unpaired) electrons. The highest BCUT2D eigenvalue weighted by Crippen LogP contribution is 2.49. The van der Waals surface area contributed by atoms with Gasteiger partial charge in [0.25, 0.3) is 0 Å². The summed E-state index contributed by atoms with van der Waals surface area (Å²) in [6, 6.07) is 5.26.